The molecular formula is C35H53FN4O4. The quantitative estimate of drug-likeness (QED) is 0.210. The van der Waals surface area contributed by atoms with E-state index in [2.05, 4.69) is 36.2 Å². The van der Waals surface area contributed by atoms with Crippen LogP contribution >= 0.6 is 0 Å². The lowest BCUT2D eigenvalue weighted by molar-refractivity contribution is -0.143. The number of methoxy groups -OCH3 is 2. The van der Waals surface area contributed by atoms with Gasteiger partial charge in [0.2, 0.25) is 0 Å². The number of unbranched alkanes of at least 4 members (excludes halogenated alkanes) is 2. The van der Waals surface area contributed by atoms with Gasteiger partial charge in [-0.15, -0.1) is 0 Å². The lowest BCUT2D eigenvalue weighted by Crippen LogP contribution is -2.42. The molecular weight excluding hydrogens is 559 g/mol. The summed E-state index contributed by atoms with van der Waals surface area (Å²) < 4.78 is 26.2. The lowest BCUT2D eigenvalue weighted by atomic mass is 9.95. The highest BCUT2D eigenvalue weighted by molar-refractivity contribution is 5.77. The number of fused-ring (bicyclic) bond motifs is 1. The van der Waals surface area contributed by atoms with E-state index in [9.17, 15) is 9.90 Å². The number of aromatic nitrogens is 1. The average molecular weight is 613 g/mol. The number of carbonyl (C=O) groups is 1. The molecule has 3 heterocycles. The number of carboxylic acid groups (broad SMARTS) is 1. The van der Waals surface area contributed by atoms with E-state index < -0.39 is 17.8 Å². The summed E-state index contributed by atoms with van der Waals surface area (Å²) in [6.07, 6.45) is 8.22. The number of nitrogens with zero attached hydrogens (tertiary/aromatic N) is 3. The summed E-state index contributed by atoms with van der Waals surface area (Å²) in [6.45, 7) is 12.2. The van der Waals surface area contributed by atoms with E-state index in [1.807, 2.05) is 24.8 Å². The molecule has 1 fully saturated rings. The molecule has 2 N–H and O–H groups in total. The standard InChI is InChI=1S/C35H53FN4O4/c1-24(2)26-21-29(32(43-5)30(36)22-26)31(34(41)42)40-19-15-28(23-40)39(20-16-35(3,4)44-6)18-9-7-8-12-27-14-13-25-11-10-17-37-33(25)38-27/h13-14,21-22,24,28,31H,7-12,15-20,23H2,1-6H3,(H,37,38)(H,41,42)/t28-,31?/m1/s1. The van der Waals surface area contributed by atoms with Crippen molar-refractivity contribution in [3.63, 3.8) is 0 Å². The van der Waals surface area contributed by atoms with E-state index in [0.717, 1.165) is 81.7 Å². The molecule has 8 nitrogen and oxygen atoms in total. The van der Waals surface area contributed by atoms with Crippen LogP contribution in [-0.2, 0) is 22.4 Å². The van der Waals surface area contributed by atoms with Crippen LogP contribution < -0.4 is 10.1 Å². The van der Waals surface area contributed by atoms with Gasteiger partial charge in [-0.2, -0.15) is 0 Å². The molecule has 0 spiro atoms. The number of benzene rings is 1. The van der Waals surface area contributed by atoms with Crippen molar-refractivity contribution in [1.29, 1.82) is 0 Å². The molecule has 2 aliphatic heterocycles. The third-order valence-electron chi connectivity index (χ3n) is 9.45. The Hall–Kier alpha value is -2.75. The van der Waals surface area contributed by atoms with Gasteiger partial charge in [0.15, 0.2) is 11.6 Å². The van der Waals surface area contributed by atoms with Crippen molar-refractivity contribution in [3.05, 3.63) is 52.5 Å². The third kappa shape index (κ3) is 8.70. The summed E-state index contributed by atoms with van der Waals surface area (Å²) in [6, 6.07) is 6.90. The summed E-state index contributed by atoms with van der Waals surface area (Å²) in [7, 11) is 3.15. The number of aliphatic carboxylic acids is 1. The summed E-state index contributed by atoms with van der Waals surface area (Å²) >= 11 is 0. The second-order valence-electron chi connectivity index (χ2n) is 13.4. The smallest absolute Gasteiger partial charge is 0.325 e. The number of likely N-dealkylation sites (tertiary alicyclic amines) is 1. The zero-order valence-electron chi connectivity index (χ0n) is 27.6. The highest BCUT2D eigenvalue weighted by atomic mass is 19.1. The van der Waals surface area contributed by atoms with E-state index in [0.29, 0.717) is 18.7 Å². The van der Waals surface area contributed by atoms with Crippen molar-refractivity contribution >= 4 is 11.8 Å². The number of anilines is 1. The fourth-order valence-corrected chi connectivity index (χ4v) is 6.47. The largest absolute Gasteiger partial charge is 0.493 e. The van der Waals surface area contributed by atoms with Crippen LogP contribution in [0.25, 0.3) is 0 Å². The van der Waals surface area contributed by atoms with E-state index in [-0.39, 0.29) is 23.3 Å². The first-order valence-corrected chi connectivity index (χ1v) is 16.4. The molecule has 2 aliphatic rings. The maximum Gasteiger partial charge on any atom is 0.325 e. The molecule has 2 atom stereocenters. The fourth-order valence-electron chi connectivity index (χ4n) is 6.47. The van der Waals surface area contributed by atoms with Crippen molar-refractivity contribution in [3.8, 4) is 5.75 Å². The molecule has 0 amide bonds. The molecule has 0 saturated carbocycles. The maximum atomic E-state index is 15.1. The minimum atomic E-state index is -0.984. The first kappa shape index (κ1) is 34.1. The van der Waals surface area contributed by atoms with Crippen LogP contribution in [0.15, 0.2) is 24.3 Å². The van der Waals surface area contributed by atoms with Crippen LogP contribution in [0.3, 0.4) is 0 Å². The van der Waals surface area contributed by atoms with Gasteiger partial charge in [-0.25, -0.2) is 9.37 Å². The second kappa shape index (κ2) is 15.5. The summed E-state index contributed by atoms with van der Waals surface area (Å²) in [5.41, 5.74) is 3.39. The third-order valence-corrected chi connectivity index (χ3v) is 9.45. The Morgan fingerprint density at radius 2 is 2.00 bits per heavy atom. The zero-order valence-corrected chi connectivity index (χ0v) is 27.6. The number of ether oxygens (including phenoxy) is 2. The second-order valence-corrected chi connectivity index (χ2v) is 13.4. The van der Waals surface area contributed by atoms with Gasteiger partial charge in [-0.3, -0.25) is 14.6 Å². The molecule has 0 aliphatic carbocycles. The van der Waals surface area contributed by atoms with Crippen LogP contribution in [-0.4, -0.2) is 84.4 Å². The molecule has 1 aromatic heterocycles. The monoisotopic (exact) mass is 612 g/mol. The number of halogens is 1. The SMILES string of the molecule is COc1c(F)cc(C(C)C)cc1C(C(=O)O)N1CC[C@@H](N(CCCCCc2ccc3c(n2)NCCC3)CCC(C)(C)OC)C1. The number of hydrogen-bond donors (Lipinski definition) is 2. The summed E-state index contributed by atoms with van der Waals surface area (Å²) in [4.78, 5) is 22.1. The average Bonchev–Trinajstić information content (AvgIpc) is 3.47. The van der Waals surface area contributed by atoms with E-state index in [1.54, 1.807) is 7.11 Å². The Bertz CT molecular complexity index is 1250. The Labute approximate surface area is 263 Å². The Morgan fingerprint density at radius 3 is 2.70 bits per heavy atom. The van der Waals surface area contributed by atoms with Crippen LogP contribution in [0.2, 0.25) is 0 Å². The predicted molar refractivity (Wildman–Crippen MR) is 173 cm³/mol. The number of aryl methyl sites for hydroxylation is 2. The van der Waals surface area contributed by atoms with Crippen LogP contribution in [0.1, 0.15) is 101 Å². The van der Waals surface area contributed by atoms with Crippen LogP contribution in [0.4, 0.5) is 10.2 Å². The van der Waals surface area contributed by atoms with Gasteiger partial charge in [0.1, 0.15) is 11.9 Å². The maximum absolute atomic E-state index is 15.1. The van der Waals surface area contributed by atoms with Crippen LogP contribution in [0.5, 0.6) is 5.75 Å². The van der Waals surface area contributed by atoms with Gasteiger partial charge in [-0.05, 0) is 101 Å². The van der Waals surface area contributed by atoms with Gasteiger partial charge in [-0.1, -0.05) is 26.3 Å². The highest BCUT2D eigenvalue weighted by Crippen LogP contribution is 2.37. The highest BCUT2D eigenvalue weighted by Gasteiger charge is 2.38. The number of pyridine rings is 1. The van der Waals surface area contributed by atoms with Crippen molar-refractivity contribution in [1.82, 2.24) is 14.8 Å². The van der Waals surface area contributed by atoms with Crippen molar-refractivity contribution in [2.75, 3.05) is 52.3 Å². The Balaban J connectivity index is 1.41. The lowest BCUT2D eigenvalue weighted by Gasteiger charge is -2.33. The molecule has 1 unspecified atom stereocenters. The molecule has 1 saturated heterocycles. The molecule has 44 heavy (non-hydrogen) atoms. The van der Waals surface area contributed by atoms with E-state index in [1.165, 1.54) is 25.2 Å². The number of carboxylic acids is 1. The summed E-state index contributed by atoms with van der Waals surface area (Å²) in [5.74, 6) is -0.354. The van der Waals surface area contributed by atoms with E-state index >= 15 is 4.39 Å². The van der Waals surface area contributed by atoms with E-state index in [4.69, 9.17) is 14.5 Å². The summed E-state index contributed by atoms with van der Waals surface area (Å²) in [5, 5.41) is 13.8. The minimum absolute atomic E-state index is 0.0214. The molecule has 1 aromatic carbocycles. The molecule has 0 radical (unpaired) electrons. The first-order valence-electron chi connectivity index (χ1n) is 16.4. The number of rotatable bonds is 16. The van der Waals surface area contributed by atoms with Crippen molar-refractivity contribution < 1.29 is 23.8 Å². The zero-order chi connectivity index (χ0) is 31.9. The molecule has 4 rings (SSSR count). The minimum Gasteiger partial charge on any atom is -0.493 e. The Morgan fingerprint density at radius 1 is 1.20 bits per heavy atom. The number of hydrogen-bond acceptors (Lipinski definition) is 7. The Kier molecular flexibility index (Phi) is 12.0. The van der Waals surface area contributed by atoms with Gasteiger partial charge in [0.05, 0.1) is 12.7 Å². The van der Waals surface area contributed by atoms with Gasteiger partial charge >= 0.3 is 5.97 Å². The first-order chi connectivity index (χ1) is 21.0. The van der Waals surface area contributed by atoms with Crippen molar-refractivity contribution in [2.45, 2.75) is 103 Å². The molecule has 2 aromatic rings. The molecule has 0 bridgehead atoms. The van der Waals surface area contributed by atoms with Gasteiger partial charge in [0, 0.05) is 50.6 Å². The predicted octanol–water partition coefficient (Wildman–Crippen LogP) is 6.44. The normalized spacial score (nSPS) is 18.0. The van der Waals surface area contributed by atoms with Gasteiger partial charge in [0.25, 0.3) is 0 Å². The molecule has 9 heteroatoms. The topological polar surface area (TPSA) is 87.2 Å². The molecule has 244 valence electrons. The van der Waals surface area contributed by atoms with Gasteiger partial charge < -0.3 is 19.9 Å². The van der Waals surface area contributed by atoms with Crippen molar-refractivity contribution in [2.24, 2.45) is 0 Å². The fraction of sp³-hybridized carbons (Fsp3) is 0.657. The van der Waals surface area contributed by atoms with Crippen LogP contribution in [0, 0.1) is 5.82 Å². The number of nitrogens with one attached hydrogen (secondary N) is 1.